The minimum Gasteiger partial charge on any atom is -0.293 e. The minimum atomic E-state index is -1.28. The van der Waals surface area contributed by atoms with Crippen molar-refractivity contribution >= 4 is 71.4 Å². The summed E-state index contributed by atoms with van der Waals surface area (Å²) < 4.78 is 13.7. The lowest BCUT2D eigenvalue weighted by Crippen LogP contribution is -2.12. The molecule has 20 heavy (non-hydrogen) atoms. The van der Waals surface area contributed by atoms with Crippen molar-refractivity contribution in [2.75, 3.05) is 5.75 Å². The maximum Gasteiger partial charge on any atom is 0.177 e. The first-order valence-electron chi connectivity index (χ1n) is 5.54. The fourth-order valence-electron chi connectivity index (χ4n) is 1.59. The van der Waals surface area contributed by atoms with Crippen molar-refractivity contribution in [1.82, 2.24) is 0 Å². The Morgan fingerprint density at radius 3 is 2.60 bits per heavy atom. The molecule has 0 aliphatic heterocycles. The first kappa shape index (κ1) is 16.4. The second-order valence-electron chi connectivity index (χ2n) is 3.98. The number of carbonyl (C=O) groups is 1. The standard InChI is InChI=1S/C13H9Br2ClO2S2/c14-12-5-9(13(15)19-12)11(17)7-20(18)6-8-3-1-2-4-10(8)16/h1-5H,6-7H2. The van der Waals surface area contributed by atoms with E-state index in [9.17, 15) is 9.00 Å². The molecule has 2 rings (SSSR count). The van der Waals surface area contributed by atoms with E-state index in [0.717, 1.165) is 13.1 Å². The third-order valence-corrected chi connectivity index (χ3v) is 6.45. The van der Waals surface area contributed by atoms with Crippen molar-refractivity contribution in [3.8, 4) is 0 Å². The van der Waals surface area contributed by atoms with Crippen LogP contribution >= 0.6 is 54.8 Å². The summed E-state index contributed by atoms with van der Waals surface area (Å²) in [6.07, 6.45) is 0. The zero-order chi connectivity index (χ0) is 14.7. The van der Waals surface area contributed by atoms with Gasteiger partial charge in [0.25, 0.3) is 0 Å². The molecule has 0 bridgehead atoms. The average molecular weight is 457 g/mol. The molecule has 0 aliphatic carbocycles. The van der Waals surface area contributed by atoms with Gasteiger partial charge in [0.1, 0.15) is 0 Å². The van der Waals surface area contributed by atoms with E-state index in [4.69, 9.17) is 11.6 Å². The van der Waals surface area contributed by atoms with Gasteiger partial charge in [0.2, 0.25) is 0 Å². The number of Topliss-reactive ketones (excluding diaryl/α,β-unsaturated/α-hetero) is 1. The van der Waals surface area contributed by atoms with Crippen LogP contribution in [-0.2, 0) is 16.6 Å². The van der Waals surface area contributed by atoms with E-state index in [1.165, 1.54) is 11.3 Å². The van der Waals surface area contributed by atoms with Crippen LogP contribution in [-0.4, -0.2) is 15.7 Å². The third-order valence-electron chi connectivity index (χ3n) is 2.52. The second kappa shape index (κ2) is 7.31. The van der Waals surface area contributed by atoms with Crippen LogP contribution in [0, 0.1) is 0 Å². The predicted octanol–water partition coefficient (Wildman–Crippen LogP) is 5.06. The van der Waals surface area contributed by atoms with Crippen molar-refractivity contribution in [3.63, 3.8) is 0 Å². The van der Waals surface area contributed by atoms with Crippen LogP contribution in [0.25, 0.3) is 0 Å². The first-order chi connectivity index (χ1) is 9.47. The number of rotatable bonds is 5. The lowest BCUT2D eigenvalue weighted by molar-refractivity contribution is 0.102. The molecule has 1 aromatic carbocycles. The molecule has 2 nitrogen and oxygen atoms in total. The molecule has 1 atom stereocenters. The van der Waals surface area contributed by atoms with Gasteiger partial charge in [-0.15, -0.1) is 11.3 Å². The molecule has 0 radical (unpaired) electrons. The highest BCUT2D eigenvalue weighted by Crippen LogP contribution is 2.32. The highest BCUT2D eigenvalue weighted by Gasteiger charge is 2.17. The molecule has 1 heterocycles. The summed E-state index contributed by atoms with van der Waals surface area (Å²) in [4.78, 5) is 12.1. The van der Waals surface area contributed by atoms with E-state index < -0.39 is 10.8 Å². The predicted molar refractivity (Wildman–Crippen MR) is 92.2 cm³/mol. The molecule has 106 valence electrons. The number of ketones is 1. The molecule has 2 aromatic rings. The molecule has 0 saturated carbocycles. The van der Waals surface area contributed by atoms with Gasteiger partial charge in [-0.25, -0.2) is 0 Å². The van der Waals surface area contributed by atoms with Crippen molar-refractivity contribution in [1.29, 1.82) is 0 Å². The largest absolute Gasteiger partial charge is 0.293 e. The van der Waals surface area contributed by atoms with Gasteiger partial charge in [0.15, 0.2) is 5.78 Å². The van der Waals surface area contributed by atoms with E-state index in [1.54, 1.807) is 12.1 Å². The Hall–Kier alpha value is -0.0100. The van der Waals surface area contributed by atoms with Gasteiger partial charge in [0.05, 0.1) is 19.1 Å². The highest BCUT2D eigenvalue weighted by atomic mass is 79.9. The van der Waals surface area contributed by atoms with Gasteiger partial charge in [-0.3, -0.25) is 9.00 Å². The van der Waals surface area contributed by atoms with Gasteiger partial charge < -0.3 is 0 Å². The Morgan fingerprint density at radius 2 is 2.00 bits per heavy atom. The van der Waals surface area contributed by atoms with E-state index in [2.05, 4.69) is 31.9 Å². The molecular formula is C13H9Br2ClO2S2. The van der Waals surface area contributed by atoms with Crippen LogP contribution in [0.3, 0.4) is 0 Å². The highest BCUT2D eigenvalue weighted by molar-refractivity contribution is 9.12. The molecule has 0 fully saturated rings. The fraction of sp³-hybridized carbons (Fsp3) is 0.154. The normalized spacial score (nSPS) is 12.3. The zero-order valence-electron chi connectivity index (χ0n) is 10.1. The van der Waals surface area contributed by atoms with Crippen molar-refractivity contribution in [3.05, 3.63) is 54.1 Å². The van der Waals surface area contributed by atoms with Crippen LogP contribution in [0.15, 0.2) is 37.9 Å². The number of carbonyl (C=O) groups excluding carboxylic acids is 1. The number of hydrogen-bond donors (Lipinski definition) is 0. The van der Waals surface area contributed by atoms with Gasteiger partial charge in [-0.2, -0.15) is 0 Å². The zero-order valence-corrected chi connectivity index (χ0v) is 15.6. The number of halogens is 3. The Labute approximate surface area is 145 Å². The van der Waals surface area contributed by atoms with Gasteiger partial charge in [-0.1, -0.05) is 29.8 Å². The summed E-state index contributed by atoms with van der Waals surface area (Å²) >= 11 is 14.1. The van der Waals surface area contributed by atoms with Crippen LogP contribution in [0.1, 0.15) is 15.9 Å². The molecule has 7 heteroatoms. The molecule has 0 amide bonds. The SMILES string of the molecule is O=C(CS(=O)Cc1ccccc1Cl)c1cc(Br)sc1Br. The summed E-state index contributed by atoms with van der Waals surface area (Å²) in [7, 11) is -1.28. The minimum absolute atomic E-state index is 0.00695. The fourth-order valence-corrected chi connectivity index (χ4v) is 5.88. The van der Waals surface area contributed by atoms with E-state index in [1.807, 2.05) is 18.2 Å². The van der Waals surface area contributed by atoms with Gasteiger partial charge in [0, 0.05) is 21.4 Å². The molecule has 0 spiro atoms. The maximum absolute atomic E-state index is 12.1. The van der Waals surface area contributed by atoms with Crippen molar-refractivity contribution in [2.45, 2.75) is 5.75 Å². The summed E-state index contributed by atoms with van der Waals surface area (Å²) in [5, 5.41) is 0.577. The smallest absolute Gasteiger partial charge is 0.177 e. The van der Waals surface area contributed by atoms with Gasteiger partial charge in [-0.05, 0) is 49.6 Å². The van der Waals surface area contributed by atoms with E-state index in [0.29, 0.717) is 10.6 Å². The number of benzene rings is 1. The summed E-state index contributed by atoms with van der Waals surface area (Å²) in [6.45, 7) is 0. The van der Waals surface area contributed by atoms with E-state index in [-0.39, 0.29) is 17.3 Å². The first-order valence-corrected chi connectivity index (χ1v) is 9.80. The van der Waals surface area contributed by atoms with Crippen molar-refractivity contribution < 1.29 is 9.00 Å². The quantitative estimate of drug-likeness (QED) is 0.590. The Bertz CT molecular complexity index is 670. The molecule has 0 N–H and O–H groups in total. The number of thiophene rings is 1. The molecular weight excluding hydrogens is 448 g/mol. The average Bonchev–Trinajstić information content (AvgIpc) is 2.71. The Kier molecular flexibility index (Phi) is 5.98. The Morgan fingerprint density at radius 1 is 1.30 bits per heavy atom. The topological polar surface area (TPSA) is 34.1 Å². The number of hydrogen-bond acceptors (Lipinski definition) is 3. The summed E-state index contributed by atoms with van der Waals surface area (Å²) in [5.74, 6) is 0.144. The molecule has 1 aromatic heterocycles. The van der Waals surface area contributed by atoms with E-state index >= 15 is 0 Å². The van der Waals surface area contributed by atoms with Crippen molar-refractivity contribution in [2.24, 2.45) is 0 Å². The van der Waals surface area contributed by atoms with Crippen LogP contribution < -0.4 is 0 Å². The monoisotopic (exact) mass is 454 g/mol. The van der Waals surface area contributed by atoms with Crippen LogP contribution in [0.2, 0.25) is 5.02 Å². The summed E-state index contributed by atoms with van der Waals surface area (Å²) in [5.41, 5.74) is 1.36. The lowest BCUT2D eigenvalue weighted by Gasteiger charge is -2.04. The molecule has 1 unspecified atom stereocenters. The Balaban J connectivity index is 2.03. The third kappa shape index (κ3) is 4.24. The lowest BCUT2D eigenvalue weighted by atomic mass is 10.2. The molecule has 0 saturated heterocycles. The molecule has 0 aliphatic rings. The summed E-state index contributed by atoms with van der Waals surface area (Å²) in [6, 6.07) is 8.97. The van der Waals surface area contributed by atoms with Gasteiger partial charge >= 0.3 is 0 Å². The van der Waals surface area contributed by atoms with Crippen LogP contribution in [0.4, 0.5) is 0 Å². The maximum atomic E-state index is 12.1. The second-order valence-corrected chi connectivity index (χ2v) is 9.59. The van der Waals surface area contributed by atoms with Crippen LogP contribution in [0.5, 0.6) is 0 Å².